The van der Waals surface area contributed by atoms with Crippen LogP contribution in [-0.4, -0.2) is 57.3 Å². The van der Waals surface area contributed by atoms with Crippen LogP contribution in [0.3, 0.4) is 0 Å². The van der Waals surface area contributed by atoms with Crippen molar-refractivity contribution in [1.82, 2.24) is 25.2 Å². The molecular weight excluding hydrogens is 417 g/mol. The average Bonchev–Trinajstić information content (AvgIpc) is 3.37. The molecule has 0 saturated carbocycles. The molecular formula is C19H19F3N6O3. The van der Waals surface area contributed by atoms with E-state index < -0.39 is 12.1 Å². The van der Waals surface area contributed by atoms with Crippen molar-refractivity contribution < 1.29 is 27.0 Å². The second-order valence-corrected chi connectivity index (χ2v) is 7.17. The fourth-order valence-electron chi connectivity index (χ4n) is 3.36. The van der Waals surface area contributed by atoms with E-state index in [1.54, 1.807) is 24.0 Å². The zero-order valence-electron chi connectivity index (χ0n) is 16.8. The number of halogens is 3. The van der Waals surface area contributed by atoms with Gasteiger partial charge in [0.15, 0.2) is 0 Å². The maximum absolute atomic E-state index is 12.6. The summed E-state index contributed by atoms with van der Waals surface area (Å²) >= 11 is 0. The van der Waals surface area contributed by atoms with Crippen molar-refractivity contribution in [3.8, 4) is 11.4 Å². The van der Waals surface area contributed by atoms with E-state index in [4.69, 9.17) is 4.52 Å². The molecule has 0 unspecified atom stereocenters. The maximum Gasteiger partial charge on any atom is 0.471 e. The van der Waals surface area contributed by atoms with E-state index in [0.29, 0.717) is 43.3 Å². The smallest absolute Gasteiger partial charge is 0.361 e. The van der Waals surface area contributed by atoms with Crippen LogP contribution in [0.25, 0.3) is 11.4 Å². The molecule has 164 valence electrons. The maximum atomic E-state index is 12.6. The Bertz CT molecular complexity index is 1050. The predicted octanol–water partition coefficient (Wildman–Crippen LogP) is 2.65. The average molecular weight is 436 g/mol. The lowest BCUT2D eigenvalue weighted by Gasteiger charge is -2.35. The van der Waals surface area contributed by atoms with Gasteiger partial charge in [0.2, 0.25) is 11.7 Å². The van der Waals surface area contributed by atoms with Gasteiger partial charge in [-0.05, 0) is 26.0 Å². The summed E-state index contributed by atoms with van der Waals surface area (Å²) in [5, 5.41) is 7.23. The molecule has 1 amide bonds. The van der Waals surface area contributed by atoms with Crippen molar-refractivity contribution in [2.45, 2.75) is 26.4 Å². The largest absolute Gasteiger partial charge is 0.471 e. The molecule has 1 fully saturated rings. The van der Waals surface area contributed by atoms with Gasteiger partial charge in [0.1, 0.15) is 11.6 Å². The molecule has 0 aliphatic carbocycles. The molecule has 0 N–H and O–H groups in total. The second-order valence-electron chi connectivity index (χ2n) is 7.17. The summed E-state index contributed by atoms with van der Waals surface area (Å²) in [5.74, 6) is -0.265. The van der Waals surface area contributed by atoms with Crippen molar-refractivity contribution >= 4 is 11.7 Å². The molecule has 9 nitrogen and oxygen atoms in total. The van der Waals surface area contributed by atoms with Crippen molar-refractivity contribution in [3.05, 3.63) is 41.2 Å². The first-order valence-corrected chi connectivity index (χ1v) is 9.54. The highest BCUT2D eigenvalue weighted by molar-refractivity contribution is 5.79. The number of piperazine rings is 1. The van der Waals surface area contributed by atoms with Gasteiger partial charge >= 0.3 is 12.1 Å². The fourth-order valence-corrected chi connectivity index (χ4v) is 3.36. The second kappa shape index (κ2) is 8.00. The third-order valence-corrected chi connectivity index (χ3v) is 5.14. The number of rotatable bonds is 4. The number of hydrogen-bond donors (Lipinski definition) is 0. The van der Waals surface area contributed by atoms with Crippen LogP contribution in [0.5, 0.6) is 0 Å². The summed E-state index contributed by atoms with van der Waals surface area (Å²) in [7, 11) is 0. The first-order valence-electron chi connectivity index (χ1n) is 9.54. The van der Waals surface area contributed by atoms with Crippen molar-refractivity contribution in [2.24, 2.45) is 0 Å². The normalized spacial score (nSPS) is 14.9. The van der Waals surface area contributed by atoms with Crippen LogP contribution in [0.4, 0.5) is 19.0 Å². The Kier molecular flexibility index (Phi) is 5.38. The molecule has 3 aromatic heterocycles. The number of hydrogen-bond acceptors (Lipinski definition) is 8. The quantitative estimate of drug-likeness (QED) is 0.615. The van der Waals surface area contributed by atoms with Gasteiger partial charge in [0.05, 0.1) is 12.1 Å². The van der Waals surface area contributed by atoms with Gasteiger partial charge in [-0.2, -0.15) is 18.2 Å². The lowest BCUT2D eigenvalue weighted by molar-refractivity contribution is -0.159. The van der Waals surface area contributed by atoms with Crippen LogP contribution in [0.2, 0.25) is 0 Å². The number of amides is 1. The molecule has 31 heavy (non-hydrogen) atoms. The van der Waals surface area contributed by atoms with Crippen LogP contribution in [-0.2, 0) is 17.4 Å². The van der Waals surface area contributed by atoms with E-state index in [2.05, 4.69) is 24.8 Å². The van der Waals surface area contributed by atoms with Gasteiger partial charge in [0.25, 0.3) is 0 Å². The van der Waals surface area contributed by atoms with Gasteiger partial charge < -0.3 is 18.8 Å². The van der Waals surface area contributed by atoms with E-state index in [9.17, 15) is 18.0 Å². The number of carbonyl (C=O) groups is 1. The number of pyridine rings is 1. The molecule has 12 heteroatoms. The molecule has 1 saturated heterocycles. The summed E-state index contributed by atoms with van der Waals surface area (Å²) in [6.07, 6.45) is -3.05. The van der Waals surface area contributed by atoms with Gasteiger partial charge in [0, 0.05) is 43.5 Å². The lowest BCUT2D eigenvalue weighted by Crippen LogP contribution is -2.49. The summed E-state index contributed by atoms with van der Waals surface area (Å²) in [6.45, 7) is 5.83. The number of nitrogens with zero attached hydrogens (tertiary/aromatic N) is 6. The minimum absolute atomic E-state index is 0.00920. The third-order valence-electron chi connectivity index (χ3n) is 5.14. The summed E-state index contributed by atoms with van der Waals surface area (Å²) in [5.41, 5.74) is 1.86. The van der Waals surface area contributed by atoms with Gasteiger partial charge in [-0.15, -0.1) is 0 Å². The Labute approximate surface area is 174 Å². The third kappa shape index (κ3) is 4.37. The standard InChI is InChI=1S/C19H19F3N6O3/c1-11-14(12(2)30-25-11)9-16(29)28-7-5-27(6-8-28)15-4-3-13(10-23-15)17-24-18(31-26-17)19(20,21)22/h3-4,10H,5-9H2,1-2H3. The Morgan fingerprint density at radius 3 is 2.39 bits per heavy atom. The molecule has 1 aliphatic rings. The number of alkyl halides is 3. The summed E-state index contributed by atoms with van der Waals surface area (Å²) in [4.78, 5) is 24.1. The molecule has 4 rings (SSSR count). The molecule has 0 radical (unpaired) electrons. The Balaban J connectivity index is 1.36. The lowest BCUT2D eigenvalue weighted by atomic mass is 10.1. The van der Waals surface area contributed by atoms with E-state index in [0.717, 1.165) is 11.3 Å². The van der Waals surface area contributed by atoms with E-state index >= 15 is 0 Å². The Hall–Kier alpha value is -3.44. The predicted molar refractivity (Wildman–Crippen MR) is 101 cm³/mol. The molecule has 4 heterocycles. The molecule has 0 spiro atoms. The van der Waals surface area contributed by atoms with Crippen LogP contribution >= 0.6 is 0 Å². The minimum Gasteiger partial charge on any atom is -0.361 e. The van der Waals surface area contributed by atoms with Gasteiger partial charge in [-0.1, -0.05) is 10.3 Å². The molecule has 1 aliphatic heterocycles. The van der Waals surface area contributed by atoms with Crippen LogP contribution in [0.1, 0.15) is 22.9 Å². The molecule has 0 atom stereocenters. The van der Waals surface area contributed by atoms with E-state index in [1.165, 1.54) is 6.20 Å². The number of anilines is 1. The van der Waals surface area contributed by atoms with Crippen molar-refractivity contribution in [1.29, 1.82) is 0 Å². The zero-order valence-corrected chi connectivity index (χ0v) is 16.8. The SMILES string of the molecule is Cc1noc(C)c1CC(=O)N1CCN(c2ccc(-c3noc(C(F)(F)F)n3)cn2)CC1. The van der Waals surface area contributed by atoms with Crippen LogP contribution in [0.15, 0.2) is 27.4 Å². The number of aryl methyl sites for hydroxylation is 2. The van der Waals surface area contributed by atoms with Gasteiger partial charge in [-0.3, -0.25) is 4.79 Å². The van der Waals surface area contributed by atoms with E-state index in [-0.39, 0.29) is 18.2 Å². The summed E-state index contributed by atoms with van der Waals surface area (Å²) < 4.78 is 47.2. The summed E-state index contributed by atoms with van der Waals surface area (Å²) in [6, 6.07) is 3.27. The van der Waals surface area contributed by atoms with Gasteiger partial charge in [-0.25, -0.2) is 4.98 Å². The monoisotopic (exact) mass is 436 g/mol. The van der Waals surface area contributed by atoms with Crippen molar-refractivity contribution in [2.75, 3.05) is 31.1 Å². The molecule has 0 bridgehead atoms. The van der Waals surface area contributed by atoms with Crippen LogP contribution in [0, 0.1) is 13.8 Å². The fraction of sp³-hybridized carbons (Fsp3) is 0.421. The first-order chi connectivity index (χ1) is 14.7. The first kappa shape index (κ1) is 20.8. The number of aromatic nitrogens is 4. The Morgan fingerprint density at radius 2 is 1.84 bits per heavy atom. The molecule has 3 aromatic rings. The topological polar surface area (TPSA) is 101 Å². The van der Waals surface area contributed by atoms with Crippen LogP contribution < -0.4 is 4.90 Å². The highest BCUT2D eigenvalue weighted by atomic mass is 19.4. The molecule has 0 aromatic carbocycles. The van der Waals surface area contributed by atoms with Crippen molar-refractivity contribution in [3.63, 3.8) is 0 Å². The Morgan fingerprint density at radius 1 is 1.10 bits per heavy atom. The number of carbonyl (C=O) groups excluding carboxylic acids is 1. The minimum atomic E-state index is -4.69. The van der Waals surface area contributed by atoms with E-state index in [1.807, 2.05) is 11.8 Å². The zero-order chi connectivity index (χ0) is 22.2. The highest BCUT2D eigenvalue weighted by Crippen LogP contribution is 2.29. The highest BCUT2D eigenvalue weighted by Gasteiger charge is 2.38.